The molecule has 3 heteroatoms. The van der Waals surface area contributed by atoms with E-state index in [2.05, 4.69) is 6.92 Å². The van der Waals surface area contributed by atoms with Gasteiger partial charge in [0.15, 0.2) is 0 Å². The molecule has 0 rings (SSSR count). The van der Waals surface area contributed by atoms with Crippen LogP contribution in [0.4, 0.5) is 0 Å². The summed E-state index contributed by atoms with van der Waals surface area (Å²) in [6.45, 7) is 2.25. The van der Waals surface area contributed by atoms with E-state index >= 15 is 0 Å². The van der Waals surface area contributed by atoms with E-state index in [1.165, 1.54) is 57.8 Å². The molecule has 0 atom stereocenters. The topological polar surface area (TPSA) is 37.3 Å². The summed E-state index contributed by atoms with van der Waals surface area (Å²) in [5.41, 5.74) is 0. The molecule has 0 amide bonds. The smallest absolute Gasteiger partial charge is 0.303 e. The minimum atomic E-state index is -0.657. The van der Waals surface area contributed by atoms with Crippen LogP contribution < -0.4 is 0 Å². The number of aliphatic carboxylic acids is 1. The van der Waals surface area contributed by atoms with Crippen LogP contribution in [0.3, 0.4) is 0 Å². The van der Waals surface area contributed by atoms with Gasteiger partial charge in [-0.05, 0) is 6.42 Å². The molecule has 0 saturated heterocycles. The fourth-order valence-electron chi connectivity index (χ4n) is 1.94. The molecule has 0 aliphatic rings. The van der Waals surface area contributed by atoms with Crippen LogP contribution in [0.15, 0.2) is 0 Å². The fraction of sp³-hybridized carbons (Fsp3) is 0.929. The Labute approximate surface area is 117 Å². The monoisotopic (exact) mass is 291 g/mol. The van der Waals surface area contributed by atoms with Crippen molar-refractivity contribution in [1.29, 1.82) is 0 Å². The van der Waals surface area contributed by atoms with Gasteiger partial charge in [0.1, 0.15) is 0 Å². The van der Waals surface area contributed by atoms with Crippen LogP contribution >= 0.6 is 0 Å². The third-order valence-electron chi connectivity index (χ3n) is 2.99. The van der Waals surface area contributed by atoms with Gasteiger partial charge in [0.2, 0.25) is 0 Å². The standard InChI is InChI=1S/C14H28O2.Cu/c1-2-3-4-5-6-7-8-9-10-11-12-13-14(15)16;/h2-13H2,1H3,(H,15,16);. The molecule has 107 valence electrons. The van der Waals surface area contributed by atoms with Crippen molar-refractivity contribution in [3.63, 3.8) is 0 Å². The first kappa shape index (κ1) is 19.3. The second-order valence-corrected chi connectivity index (χ2v) is 4.68. The minimum Gasteiger partial charge on any atom is -0.481 e. The summed E-state index contributed by atoms with van der Waals surface area (Å²) in [6.07, 6.45) is 14.4. The predicted molar refractivity (Wildman–Crippen MR) is 68.7 cm³/mol. The summed E-state index contributed by atoms with van der Waals surface area (Å²) in [7, 11) is 0. The molecule has 0 aromatic rings. The molecule has 0 saturated carbocycles. The number of carboxylic acid groups (broad SMARTS) is 1. The predicted octanol–water partition coefficient (Wildman–Crippen LogP) is 4.77. The Kier molecular flexibility index (Phi) is 18.2. The van der Waals surface area contributed by atoms with Gasteiger partial charge in [-0.1, -0.05) is 71.1 Å². The average Bonchev–Trinajstić information content (AvgIpc) is 2.25. The number of carboxylic acids is 1. The van der Waals surface area contributed by atoms with Gasteiger partial charge in [-0.3, -0.25) is 4.79 Å². The van der Waals surface area contributed by atoms with Crippen LogP contribution in [-0.4, -0.2) is 11.1 Å². The van der Waals surface area contributed by atoms with Gasteiger partial charge in [0.05, 0.1) is 0 Å². The third kappa shape index (κ3) is 18.5. The van der Waals surface area contributed by atoms with Crippen LogP contribution in [0, 0.1) is 0 Å². The van der Waals surface area contributed by atoms with Crippen molar-refractivity contribution < 1.29 is 27.0 Å². The molecule has 0 bridgehead atoms. The van der Waals surface area contributed by atoms with E-state index in [4.69, 9.17) is 5.11 Å². The molecule has 0 aliphatic carbocycles. The summed E-state index contributed by atoms with van der Waals surface area (Å²) in [6, 6.07) is 0. The van der Waals surface area contributed by atoms with E-state index in [1.54, 1.807) is 0 Å². The maximum absolute atomic E-state index is 10.3. The molecule has 2 nitrogen and oxygen atoms in total. The molecular formula is C14H28CuO2. The second kappa shape index (κ2) is 16.0. The average molecular weight is 292 g/mol. The zero-order valence-electron chi connectivity index (χ0n) is 11.1. The largest absolute Gasteiger partial charge is 0.481 e. The summed E-state index contributed by atoms with van der Waals surface area (Å²) >= 11 is 0. The maximum atomic E-state index is 10.3. The van der Waals surface area contributed by atoms with Gasteiger partial charge in [-0.15, -0.1) is 0 Å². The molecule has 1 N–H and O–H groups in total. The van der Waals surface area contributed by atoms with Gasteiger partial charge >= 0.3 is 5.97 Å². The van der Waals surface area contributed by atoms with Crippen LogP contribution in [0.2, 0.25) is 0 Å². The van der Waals surface area contributed by atoms with E-state index in [-0.39, 0.29) is 17.1 Å². The van der Waals surface area contributed by atoms with Crippen molar-refractivity contribution in [2.75, 3.05) is 0 Å². The third-order valence-corrected chi connectivity index (χ3v) is 2.99. The summed E-state index contributed by atoms with van der Waals surface area (Å²) in [5.74, 6) is -0.657. The van der Waals surface area contributed by atoms with Crippen LogP contribution in [0.25, 0.3) is 0 Å². The van der Waals surface area contributed by atoms with Crippen LogP contribution in [0.5, 0.6) is 0 Å². The van der Waals surface area contributed by atoms with Gasteiger partial charge in [0, 0.05) is 23.5 Å². The zero-order valence-corrected chi connectivity index (χ0v) is 12.1. The zero-order chi connectivity index (χ0) is 12.1. The number of unbranched alkanes of at least 4 members (excludes halogenated alkanes) is 10. The van der Waals surface area contributed by atoms with E-state index in [0.29, 0.717) is 6.42 Å². The Morgan fingerprint density at radius 1 is 0.765 bits per heavy atom. The van der Waals surface area contributed by atoms with Crippen molar-refractivity contribution >= 4 is 5.97 Å². The van der Waals surface area contributed by atoms with Crippen molar-refractivity contribution in [2.24, 2.45) is 0 Å². The molecule has 0 spiro atoms. The summed E-state index contributed by atoms with van der Waals surface area (Å²) in [4.78, 5) is 10.3. The normalized spacial score (nSPS) is 9.94. The van der Waals surface area contributed by atoms with Gasteiger partial charge in [-0.25, -0.2) is 0 Å². The van der Waals surface area contributed by atoms with Crippen LogP contribution in [0.1, 0.15) is 84.0 Å². The molecule has 0 aromatic heterocycles. The Morgan fingerprint density at radius 3 is 1.47 bits per heavy atom. The first-order valence-corrected chi connectivity index (χ1v) is 6.99. The molecule has 0 unspecified atom stereocenters. The first-order valence-electron chi connectivity index (χ1n) is 6.99. The van der Waals surface area contributed by atoms with E-state index in [0.717, 1.165) is 12.8 Å². The quantitative estimate of drug-likeness (QED) is 0.415. The summed E-state index contributed by atoms with van der Waals surface area (Å²) in [5, 5.41) is 8.46. The molecule has 0 aliphatic heterocycles. The molecule has 0 aromatic carbocycles. The fourth-order valence-corrected chi connectivity index (χ4v) is 1.94. The number of rotatable bonds is 12. The Balaban J connectivity index is 0. The van der Waals surface area contributed by atoms with Crippen molar-refractivity contribution in [3.05, 3.63) is 0 Å². The molecule has 0 heterocycles. The number of carbonyl (C=O) groups is 1. The molecular weight excluding hydrogens is 264 g/mol. The Hall–Kier alpha value is -0.0105. The van der Waals surface area contributed by atoms with Crippen molar-refractivity contribution in [3.8, 4) is 0 Å². The van der Waals surface area contributed by atoms with E-state index < -0.39 is 5.97 Å². The minimum absolute atomic E-state index is 0. The van der Waals surface area contributed by atoms with E-state index in [1.807, 2.05) is 0 Å². The first-order chi connectivity index (χ1) is 7.77. The molecule has 1 radical (unpaired) electrons. The van der Waals surface area contributed by atoms with Gasteiger partial charge in [-0.2, -0.15) is 0 Å². The van der Waals surface area contributed by atoms with E-state index in [9.17, 15) is 4.79 Å². The van der Waals surface area contributed by atoms with Crippen molar-refractivity contribution in [1.82, 2.24) is 0 Å². The maximum Gasteiger partial charge on any atom is 0.303 e. The number of hydrogen-bond acceptors (Lipinski definition) is 1. The Bertz CT molecular complexity index is 160. The van der Waals surface area contributed by atoms with Crippen LogP contribution in [-0.2, 0) is 21.9 Å². The second-order valence-electron chi connectivity index (χ2n) is 4.68. The van der Waals surface area contributed by atoms with Gasteiger partial charge < -0.3 is 5.11 Å². The molecule has 17 heavy (non-hydrogen) atoms. The number of hydrogen-bond donors (Lipinski definition) is 1. The SMILES string of the molecule is CCCCCCCCCCCCCC(=O)O.[Cu]. The molecule has 0 fully saturated rings. The summed E-state index contributed by atoms with van der Waals surface area (Å²) < 4.78 is 0. The van der Waals surface area contributed by atoms with Gasteiger partial charge in [0.25, 0.3) is 0 Å². The van der Waals surface area contributed by atoms with Crippen molar-refractivity contribution in [2.45, 2.75) is 84.0 Å². The Morgan fingerprint density at radius 2 is 1.12 bits per heavy atom.